The van der Waals surface area contributed by atoms with E-state index in [2.05, 4.69) is 23.6 Å². The molecule has 1 N–H and O–H groups in total. The normalized spacial score (nSPS) is 33.6. The first kappa shape index (κ1) is 71.1. The summed E-state index contributed by atoms with van der Waals surface area (Å²) in [5.41, 5.74) is 1.31. The summed E-state index contributed by atoms with van der Waals surface area (Å²) in [6.45, 7) is 25.2. The summed E-state index contributed by atoms with van der Waals surface area (Å²) in [7, 11) is 4.59. The van der Waals surface area contributed by atoms with E-state index in [4.69, 9.17) is 33.2 Å². The number of rotatable bonds is 18. The molecular formula is C65H105N3O15. The number of esters is 3. The summed E-state index contributed by atoms with van der Waals surface area (Å²) in [5, 5.41) is 12.1. The molecule has 0 aromatic carbocycles. The predicted molar refractivity (Wildman–Crippen MR) is 318 cm³/mol. The van der Waals surface area contributed by atoms with E-state index < -0.39 is 95.8 Å². The zero-order valence-electron chi connectivity index (χ0n) is 52.9. The monoisotopic (exact) mass is 1170 g/mol. The Labute approximate surface area is 496 Å². The van der Waals surface area contributed by atoms with Crippen molar-refractivity contribution in [2.24, 2.45) is 35.5 Å². The third-order valence-electron chi connectivity index (χ3n) is 18.0. The van der Waals surface area contributed by atoms with Crippen LogP contribution in [0.4, 0.5) is 0 Å². The second-order valence-electron chi connectivity index (χ2n) is 24.1. The van der Waals surface area contributed by atoms with Crippen LogP contribution in [0.15, 0.2) is 47.6 Å². The van der Waals surface area contributed by atoms with Crippen LogP contribution >= 0.6 is 0 Å². The lowest BCUT2D eigenvalue weighted by Crippen LogP contribution is -2.61. The predicted octanol–water partition coefficient (Wildman–Crippen LogP) is 8.75. The number of fused-ring (bicyclic) bond motifs is 3. The zero-order valence-corrected chi connectivity index (χ0v) is 52.9. The van der Waals surface area contributed by atoms with E-state index in [-0.39, 0.29) is 67.7 Å². The van der Waals surface area contributed by atoms with Crippen molar-refractivity contribution in [2.45, 2.75) is 221 Å². The minimum Gasteiger partial charge on any atom is -0.460 e. The number of hydrogen-bond donors (Lipinski definition) is 1. The van der Waals surface area contributed by atoms with Crippen molar-refractivity contribution in [3.05, 3.63) is 47.6 Å². The van der Waals surface area contributed by atoms with E-state index in [9.17, 15) is 38.7 Å². The largest absolute Gasteiger partial charge is 0.460 e. The van der Waals surface area contributed by atoms with E-state index in [0.29, 0.717) is 82.9 Å². The van der Waals surface area contributed by atoms with E-state index in [0.717, 1.165) is 31.8 Å². The minimum absolute atomic E-state index is 0.0357. The summed E-state index contributed by atoms with van der Waals surface area (Å²) in [4.78, 5) is 105. The molecule has 83 heavy (non-hydrogen) atoms. The molecule has 18 heteroatoms. The molecule has 4 aliphatic rings. The fourth-order valence-electron chi connectivity index (χ4n) is 12.4. The molecule has 3 aliphatic heterocycles. The Morgan fingerprint density at radius 3 is 2.01 bits per heavy atom. The molecule has 1 amide bonds. The second-order valence-corrected chi connectivity index (χ2v) is 24.1. The number of hydrogen-bond acceptors (Lipinski definition) is 17. The van der Waals surface area contributed by atoms with Gasteiger partial charge in [-0.1, -0.05) is 98.8 Å². The lowest BCUT2D eigenvalue weighted by Gasteiger charge is -2.42. The lowest BCUT2D eigenvalue weighted by atomic mass is 9.78. The average molecular weight is 1170 g/mol. The Kier molecular flexibility index (Phi) is 30.2. The minimum atomic E-state index is -2.47. The Morgan fingerprint density at radius 2 is 1.40 bits per heavy atom. The van der Waals surface area contributed by atoms with Gasteiger partial charge in [0.05, 0.1) is 31.2 Å². The number of ether oxygens (including phenoxy) is 7. The fraction of sp³-hybridized carbons (Fsp3) is 0.769. The number of methoxy groups -OCH3 is 3. The first-order chi connectivity index (χ1) is 39.5. The van der Waals surface area contributed by atoms with Crippen LogP contribution in [0.5, 0.6) is 0 Å². The highest BCUT2D eigenvalue weighted by Gasteiger charge is 2.53. The molecule has 2 bridgehead atoms. The van der Waals surface area contributed by atoms with E-state index >= 15 is 0 Å². The number of aliphatic hydroxyl groups is 1. The van der Waals surface area contributed by atoms with Crippen molar-refractivity contribution in [2.75, 3.05) is 67.1 Å². The Hall–Kier alpha value is -4.43. The molecule has 18 nitrogen and oxygen atoms in total. The highest BCUT2D eigenvalue weighted by molar-refractivity contribution is 6.39. The molecule has 3 heterocycles. The summed E-state index contributed by atoms with van der Waals surface area (Å²) in [6.07, 6.45) is 11.4. The number of amides is 1. The number of carbonyl (C=O) groups excluding carboxylic acids is 7. The van der Waals surface area contributed by atoms with Crippen molar-refractivity contribution >= 4 is 41.2 Å². The average Bonchev–Trinajstić information content (AvgIpc) is 3.51. The standard InChI is InChI=1S/C65H105N3O15/c1-15-66(16-2)34-31-57(70)80-53-30-28-49(39-56(53)78-13)38-45(8)55-41-52(69)44(7)37-47(10)60(82-58(71)32-35-67(17-3)18-4)61(79-14)59(72)46(9)36-42(5)24-20-19-21-25-43(6)54(77-12)40-50-29-27-48(11)65(76,83-50)62(73)63(74)68-33-23-22-26-51(68)64(75)81-55/h19-21,24-25,37,42,44-46,48-51,53-56,60-61,76H,15-18,22-23,26-36,38-41H2,1-14H3/b21-19+,24-20+,43-25+,47-37?/t42?,44?,45?,46-,48+,49-,50?,51?,53+,54?,55-,56?,60+,61?,65+/m1/s1. The van der Waals surface area contributed by atoms with Gasteiger partial charge in [-0.25, -0.2) is 4.79 Å². The molecular weight excluding hydrogens is 1060 g/mol. The van der Waals surface area contributed by atoms with Crippen LogP contribution < -0.4 is 0 Å². The number of allylic oxidation sites excluding steroid dienone is 6. The Balaban J connectivity index is 1.76. The van der Waals surface area contributed by atoms with Crippen LogP contribution in [-0.4, -0.2) is 183 Å². The first-order valence-corrected chi connectivity index (χ1v) is 31.1. The smallest absolute Gasteiger partial charge is 0.329 e. The summed E-state index contributed by atoms with van der Waals surface area (Å²) < 4.78 is 42.6. The van der Waals surface area contributed by atoms with Gasteiger partial charge in [-0.15, -0.1) is 0 Å². The van der Waals surface area contributed by atoms with Crippen LogP contribution in [0.3, 0.4) is 0 Å². The summed E-state index contributed by atoms with van der Waals surface area (Å²) in [5.74, 6) is -9.27. The molecule has 15 atom stereocenters. The van der Waals surface area contributed by atoms with Gasteiger partial charge in [0.25, 0.3) is 11.7 Å². The maximum atomic E-state index is 14.8. The van der Waals surface area contributed by atoms with Crippen LogP contribution in [0.2, 0.25) is 0 Å². The van der Waals surface area contributed by atoms with E-state index in [1.165, 1.54) is 12.0 Å². The molecule has 4 rings (SSSR count). The van der Waals surface area contributed by atoms with E-state index in [1.54, 1.807) is 41.1 Å². The van der Waals surface area contributed by atoms with Gasteiger partial charge in [0.1, 0.15) is 24.0 Å². The molecule has 1 aliphatic carbocycles. The molecule has 0 aromatic heterocycles. The topological polar surface area (TPSA) is 214 Å². The fourth-order valence-corrected chi connectivity index (χ4v) is 12.4. The maximum Gasteiger partial charge on any atom is 0.329 e. The molecule has 0 radical (unpaired) electrons. The molecule has 3 fully saturated rings. The van der Waals surface area contributed by atoms with Gasteiger partial charge in [0.2, 0.25) is 5.79 Å². The first-order valence-electron chi connectivity index (χ1n) is 31.1. The molecule has 1 saturated carbocycles. The Morgan fingerprint density at radius 1 is 0.747 bits per heavy atom. The van der Waals surface area contributed by atoms with Gasteiger partial charge < -0.3 is 53.0 Å². The molecule has 470 valence electrons. The zero-order chi connectivity index (χ0) is 61.6. The number of piperidine rings is 1. The third kappa shape index (κ3) is 20.9. The van der Waals surface area contributed by atoms with Gasteiger partial charge in [-0.3, -0.25) is 28.8 Å². The second kappa shape index (κ2) is 35.3. The molecule has 0 spiro atoms. The molecule has 8 unspecified atom stereocenters. The molecule has 0 aromatic rings. The van der Waals surface area contributed by atoms with Crippen molar-refractivity contribution in [1.82, 2.24) is 14.7 Å². The van der Waals surface area contributed by atoms with Crippen molar-refractivity contribution < 1.29 is 71.8 Å². The van der Waals surface area contributed by atoms with Crippen LogP contribution in [0.1, 0.15) is 166 Å². The SMILES string of the molecule is CCN(CC)CCC(=O)O[C@H]1CC[C@H](CC(C)[C@H]2CC(=O)C(C)C=C(C)[C@H](OC(=O)CCN(CC)CC)C(OC)C(=O)[C@H](C)CC(C)/C=C/C=C/C=C(\C)C(OC)CC3CC[C@H](C)[C@](O)(O3)C(=O)C(=O)N3CCCCC3C(=O)O2)CC1OC. The summed E-state index contributed by atoms with van der Waals surface area (Å²) >= 11 is 0. The van der Waals surface area contributed by atoms with Gasteiger partial charge in [0, 0.05) is 71.6 Å². The molecule has 2 saturated heterocycles. The number of carbonyl (C=O) groups is 7. The highest BCUT2D eigenvalue weighted by Crippen LogP contribution is 2.38. The number of ketones is 3. The van der Waals surface area contributed by atoms with Gasteiger partial charge in [-0.2, -0.15) is 0 Å². The van der Waals surface area contributed by atoms with Crippen molar-refractivity contribution in [3.8, 4) is 0 Å². The number of nitrogens with zero attached hydrogens (tertiary/aromatic N) is 3. The maximum absolute atomic E-state index is 14.8. The highest BCUT2D eigenvalue weighted by atomic mass is 16.6. The van der Waals surface area contributed by atoms with Crippen LogP contribution in [-0.2, 0) is 66.7 Å². The van der Waals surface area contributed by atoms with E-state index in [1.807, 2.05) is 71.9 Å². The van der Waals surface area contributed by atoms with Crippen LogP contribution in [0, 0.1) is 35.5 Å². The lowest BCUT2D eigenvalue weighted by molar-refractivity contribution is -0.265. The van der Waals surface area contributed by atoms with Crippen molar-refractivity contribution in [3.63, 3.8) is 0 Å². The van der Waals surface area contributed by atoms with Crippen molar-refractivity contribution in [1.29, 1.82) is 0 Å². The van der Waals surface area contributed by atoms with Gasteiger partial charge in [0.15, 0.2) is 18.0 Å². The van der Waals surface area contributed by atoms with Gasteiger partial charge in [-0.05, 0) is 133 Å². The van der Waals surface area contributed by atoms with Gasteiger partial charge >= 0.3 is 17.9 Å². The number of cyclic esters (lactones) is 1. The summed E-state index contributed by atoms with van der Waals surface area (Å²) in [6, 6.07) is -1.19. The van der Waals surface area contributed by atoms with Crippen LogP contribution in [0.25, 0.3) is 0 Å². The third-order valence-corrected chi connectivity index (χ3v) is 18.0. The quantitative estimate of drug-likeness (QED) is 0.0588. The Bertz CT molecular complexity index is 2240. The number of Topliss-reactive ketones (excluding diaryl/α,β-unsaturated/α-hetero) is 3.